The van der Waals surface area contributed by atoms with Gasteiger partial charge in [0.25, 0.3) is 0 Å². The lowest BCUT2D eigenvalue weighted by molar-refractivity contribution is 0.631. The van der Waals surface area contributed by atoms with Gasteiger partial charge in [0.2, 0.25) is 0 Å². The topological polar surface area (TPSA) is 26.3 Å². The van der Waals surface area contributed by atoms with Gasteiger partial charge in [0, 0.05) is 42.1 Å². The van der Waals surface area contributed by atoms with E-state index in [2.05, 4.69) is 109 Å². The van der Waals surface area contributed by atoms with Gasteiger partial charge in [-0.1, -0.05) is 97.1 Å². The second-order valence-electron chi connectivity index (χ2n) is 11.7. The first kappa shape index (κ1) is 25.9. The molecule has 4 aromatic heterocycles. The molecule has 4 heteroatoms. The van der Waals surface area contributed by atoms with Crippen molar-refractivity contribution in [3.05, 3.63) is 146 Å². The van der Waals surface area contributed by atoms with Gasteiger partial charge in [-0.2, -0.15) is 0 Å². The average molecular weight is 625 g/mol. The molecular formula is C42H24O2S2. The van der Waals surface area contributed by atoms with Crippen LogP contribution in [0.4, 0.5) is 0 Å². The molecule has 0 fully saturated rings. The molecule has 4 heterocycles. The molecule has 10 aromatic rings. The third-order valence-electron chi connectivity index (χ3n) is 8.94. The molecule has 0 spiro atoms. The molecule has 0 N–H and O–H groups in total. The van der Waals surface area contributed by atoms with E-state index >= 15 is 0 Å². The molecule has 46 heavy (non-hydrogen) atoms. The maximum absolute atomic E-state index is 6.09. The van der Waals surface area contributed by atoms with Crippen molar-refractivity contribution in [2.75, 3.05) is 0 Å². The summed E-state index contributed by atoms with van der Waals surface area (Å²) in [6, 6.07) is 51.7. The highest BCUT2D eigenvalue weighted by Crippen LogP contribution is 2.46. The summed E-state index contributed by atoms with van der Waals surface area (Å²) in [6.45, 7) is 0. The van der Waals surface area contributed by atoms with Crippen LogP contribution in [-0.2, 0) is 0 Å². The van der Waals surface area contributed by atoms with Crippen LogP contribution in [0.1, 0.15) is 0 Å². The molecule has 6 aromatic carbocycles. The molecule has 0 aliphatic heterocycles. The summed E-state index contributed by atoms with van der Waals surface area (Å²) in [4.78, 5) is 0. The Kier molecular flexibility index (Phi) is 5.65. The minimum atomic E-state index is 0.898. The van der Waals surface area contributed by atoms with Gasteiger partial charge in [-0.15, -0.1) is 22.7 Å². The summed E-state index contributed by atoms with van der Waals surface area (Å²) >= 11 is 3.79. The molecule has 10 rings (SSSR count). The highest BCUT2D eigenvalue weighted by atomic mass is 32.1. The second-order valence-corrected chi connectivity index (χ2v) is 13.8. The summed E-state index contributed by atoms with van der Waals surface area (Å²) in [6.07, 6.45) is 0. The molecule has 0 amide bonds. The largest absolute Gasteiger partial charge is 0.456 e. The summed E-state index contributed by atoms with van der Waals surface area (Å²) in [5.41, 5.74) is 8.87. The summed E-state index contributed by atoms with van der Waals surface area (Å²) in [5.74, 6) is 1.80. The van der Waals surface area contributed by atoms with Crippen molar-refractivity contribution in [2.24, 2.45) is 0 Å². The molecule has 216 valence electrons. The molecule has 0 radical (unpaired) electrons. The van der Waals surface area contributed by atoms with E-state index in [1.807, 2.05) is 59.1 Å². The number of fused-ring (bicyclic) bond motifs is 7. The number of thiophene rings is 2. The fourth-order valence-corrected chi connectivity index (χ4v) is 9.12. The molecular weight excluding hydrogens is 601 g/mol. The van der Waals surface area contributed by atoms with E-state index < -0.39 is 0 Å². The van der Waals surface area contributed by atoms with Crippen LogP contribution in [0.15, 0.2) is 154 Å². The number of hydrogen-bond donors (Lipinski definition) is 0. The minimum Gasteiger partial charge on any atom is -0.456 e. The summed E-state index contributed by atoms with van der Waals surface area (Å²) < 4.78 is 17.6. The number of benzene rings is 6. The number of furan rings is 2. The van der Waals surface area contributed by atoms with Gasteiger partial charge in [-0.3, -0.25) is 0 Å². The van der Waals surface area contributed by atoms with E-state index in [4.69, 9.17) is 8.83 Å². The van der Waals surface area contributed by atoms with E-state index in [0.29, 0.717) is 0 Å². The van der Waals surface area contributed by atoms with Crippen molar-refractivity contribution in [2.45, 2.75) is 0 Å². The van der Waals surface area contributed by atoms with Crippen LogP contribution < -0.4 is 0 Å². The SMILES string of the molecule is c1ccc2oc(-c3ccc(-c4ccc5sc6c7cc(-c8ccc(-c9cc%10ccccc%10o9)cc8)ccc7sc6c5c4)cc3)cc2c1. The fraction of sp³-hybridized carbons (Fsp3) is 0. The van der Waals surface area contributed by atoms with Crippen molar-refractivity contribution in [1.29, 1.82) is 0 Å². The third kappa shape index (κ3) is 4.15. The van der Waals surface area contributed by atoms with Crippen LogP contribution in [0.25, 0.3) is 96.4 Å². The Hall–Kier alpha value is -5.42. The molecule has 0 saturated carbocycles. The van der Waals surface area contributed by atoms with Gasteiger partial charge in [-0.05, 0) is 70.8 Å². The van der Waals surface area contributed by atoms with Gasteiger partial charge < -0.3 is 8.83 Å². The summed E-state index contributed by atoms with van der Waals surface area (Å²) in [7, 11) is 0. The van der Waals surface area contributed by atoms with Crippen LogP contribution in [0, 0.1) is 0 Å². The van der Waals surface area contributed by atoms with Crippen molar-refractivity contribution in [1.82, 2.24) is 0 Å². The third-order valence-corrected chi connectivity index (χ3v) is 11.5. The lowest BCUT2D eigenvalue weighted by atomic mass is 10.0. The van der Waals surface area contributed by atoms with Crippen LogP contribution in [-0.4, -0.2) is 0 Å². The first-order valence-electron chi connectivity index (χ1n) is 15.3. The normalized spacial score (nSPS) is 11.9. The van der Waals surface area contributed by atoms with Crippen LogP contribution in [0.3, 0.4) is 0 Å². The van der Waals surface area contributed by atoms with Crippen molar-refractivity contribution >= 4 is 74.2 Å². The maximum Gasteiger partial charge on any atom is 0.135 e. The Balaban J connectivity index is 0.981. The van der Waals surface area contributed by atoms with Crippen LogP contribution >= 0.6 is 22.7 Å². The smallest absolute Gasteiger partial charge is 0.135 e. The Labute approximate surface area is 272 Å². The van der Waals surface area contributed by atoms with Gasteiger partial charge in [-0.25, -0.2) is 0 Å². The standard InChI is InChI=1S/C42H24O2S2/c1-3-7-35-31(5-1)23-37(43-35)27-13-9-25(10-14-27)29-17-19-39-33(21-29)41-42(45-39)34-22-30(18-20-40(34)46-41)26-11-15-28(16-12-26)38-24-32-6-2-4-8-36(32)44-38/h1-24H. The number of hydrogen-bond acceptors (Lipinski definition) is 4. The van der Waals surface area contributed by atoms with E-state index in [9.17, 15) is 0 Å². The molecule has 0 unspecified atom stereocenters. The highest BCUT2D eigenvalue weighted by molar-refractivity contribution is 7.36. The first-order valence-corrected chi connectivity index (χ1v) is 16.9. The molecule has 0 atom stereocenters. The average Bonchev–Trinajstić information content (AvgIpc) is 3.89. The first-order chi connectivity index (χ1) is 22.7. The quantitative estimate of drug-likeness (QED) is 0.195. The zero-order chi connectivity index (χ0) is 30.2. The van der Waals surface area contributed by atoms with Gasteiger partial charge >= 0.3 is 0 Å². The van der Waals surface area contributed by atoms with Crippen molar-refractivity contribution in [3.63, 3.8) is 0 Å². The number of rotatable bonds is 4. The second kappa shape index (κ2) is 10.0. The van der Waals surface area contributed by atoms with E-state index in [1.165, 1.54) is 51.8 Å². The molecule has 0 aliphatic carbocycles. The van der Waals surface area contributed by atoms with Crippen LogP contribution in [0.5, 0.6) is 0 Å². The predicted molar refractivity (Wildman–Crippen MR) is 196 cm³/mol. The molecule has 0 aliphatic rings. The lowest BCUT2D eigenvalue weighted by Crippen LogP contribution is -1.79. The Morgan fingerprint density at radius 3 is 1.17 bits per heavy atom. The van der Waals surface area contributed by atoms with E-state index in [-0.39, 0.29) is 0 Å². The molecule has 2 nitrogen and oxygen atoms in total. The summed E-state index contributed by atoms with van der Waals surface area (Å²) in [5, 5.41) is 4.91. The molecule has 0 saturated heterocycles. The highest BCUT2D eigenvalue weighted by Gasteiger charge is 2.15. The fourth-order valence-electron chi connectivity index (χ4n) is 6.52. The Morgan fingerprint density at radius 2 is 0.739 bits per heavy atom. The maximum atomic E-state index is 6.09. The van der Waals surface area contributed by atoms with E-state index in [1.54, 1.807) is 0 Å². The zero-order valence-corrected chi connectivity index (χ0v) is 26.1. The van der Waals surface area contributed by atoms with Crippen LogP contribution in [0.2, 0.25) is 0 Å². The minimum absolute atomic E-state index is 0.898. The van der Waals surface area contributed by atoms with Crippen molar-refractivity contribution < 1.29 is 8.83 Å². The Morgan fingerprint density at radius 1 is 0.348 bits per heavy atom. The monoisotopic (exact) mass is 624 g/mol. The van der Waals surface area contributed by atoms with Gasteiger partial charge in [0.1, 0.15) is 22.7 Å². The van der Waals surface area contributed by atoms with Gasteiger partial charge in [0.05, 0.1) is 9.40 Å². The lowest BCUT2D eigenvalue weighted by Gasteiger charge is -2.04. The van der Waals surface area contributed by atoms with E-state index in [0.717, 1.165) is 44.6 Å². The Bertz CT molecular complexity index is 2480. The number of para-hydroxylation sites is 2. The molecule has 0 bridgehead atoms. The van der Waals surface area contributed by atoms with Gasteiger partial charge in [0.15, 0.2) is 0 Å². The zero-order valence-electron chi connectivity index (χ0n) is 24.5. The van der Waals surface area contributed by atoms with Crippen molar-refractivity contribution in [3.8, 4) is 44.9 Å². The predicted octanol–water partition coefficient (Wildman–Crippen LogP) is 13.4.